The van der Waals surface area contributed by atoms with Gasteiger partial charge in [0.25, 0.3) is 0 Å². The van der Waals surface area contributed by atoms with E-state index in [1.807, 2.05) is 13.0 Å². The fraction of sp³-hybridized carbons (Fsp3) is 0.286. The second kappa shape index (κ2) is 6.07. The minimum atomic E-state index is 0.754. The topological polar surface area (TPSA) is 37.8 Å². The molecule has 0 fully saturated rings. The molecule has 1 N–H and O–H groups in total. The van der Waals surface area contributed by atoms with Crippen LogP contribution in [0.1, 0.15) is 22.6 Å². The number of rotatable bonds is 4. The number of hydrogen-bond donors (Lipinski definition) is 1. The largest absolute Gasteiger partial charge is 0.307 e. The van der Waals surface area contributed by atoms with Gasteiger partial charge >= 0.3 is 0 Å². The molecule has 18 heavy (non-hydrogen) atoms. The van der Waals surface area contributed by atoms with E-state index >= 15 is 0 Å². The second-order valence-corrected chi connectivity index (χ2v) is 5.15. The first-order chi connectivity index (χ1) is 8.65. The van der Waals surface area contributed by atoms with Crippen LogP contribution in [-0.2, 0) is 13.1 Å². The predicted octanol–water partition coefficient (Wildman–Crippen LogP) is 3.15. The lowest BCUT2D eigenvalue weighted by Crippen LogP contribution is -2.14. The molecule has 0 amide bonds. The number of aryl methyl sites for hydroxylation is 2. The van der Waals surface area contributed by atoms with Gasteiger partial charge in [0.2, 0.25) is 0 Å². The fourth-order valence-corrected chi connectivity index (χ4v) is 2.36. The molecule has 0 saturated heterocycles. The summed E-state index contributed by atoms with van der Waals surface area (Å²) in [6.45, 7) is 5.57. The second-order valence-electron chi connectivity index (χ2n) is 4.29. The SMILES string of the molecule is Cc1ccc(CNCc2ccnc(C)n2)c(Br)c1. The van der Waals surface area contributed by atoms with Crippen molar-refractivity contribution < 1.29 is 0 Å². The molecular weight excluding hydrogens is 290 g/mol. The predicted molar refractivity (Wildman–Crippen MR) is 76.2 cm³/mol. The Morgan fingerprint density at radius 3 is 2.72 bits per heavy atom. The van der Waals surface area contributed by atoms with Crippen LogP contribution in [0.5, 0.6) is 0 Å². The molecule has 1 aromatic heterocycles. The van der Waals surface area contributed by atoms with Crippen LogP contribution in [-0.4, -0.2) is 9.97 Å². The third-order valence-corrected chi connectivity index (χ3v) is 3.40. The van der Waals surface area contributed by atoms with Gasteiger partial charge in [0.05, 0.1) is 5.69 Å². The summed E-state index contributed by atoms with van der Waals surface area (Å²) in [6.07, 6.45) is 1.79. The number of benzene rings is 1. The monoisotopic (exact) mass is 305 g/mol. The Hall–Kier alpha value is -1.26. The quantitative estimate of drug-likeness (QED) is 0.943. The van der Waals surface area contributed by atoms with Crippen molar-refractivity contribution >= 4 is 15.9 Å². The normalized spacial score (nSPS) is 10.6. The van der Waals surface area contributed by atoms with Crippen LogP contribution < -0.4 is 5.32 Å². The van der Waals surface area contributed by atoms with E-state index in [1.165, 1.54) is 11.1 Å². The maximum atomic E-state index is 4.36. The van der Waals surface area contributed by atoms with Crippen LogP contribution in [0.4, 0.5) is 0 Å². The maximum Gasteiger partial charge on any atom is 0.125 e. The minimum absolute atomic E-state index is 0.754. The Kier molecular flexibility index (Phi) is 4.44. The highest BCUT2D eigenvalue weighted by Crippen LogP contribution is 2.18. The Morgan fingerprint density at radius 2 is 2.00 bits per heavy atom. The van der Waals surface area contributed by atoms with E-state index < -0.39 is 0 Å². The Balaban J connectivity index is 1.92. The molecule has 2 aromatic rings. The van der Waals surface area contributed by atoms with Gasteiger partial charge in [-0.05, 0) is 37.1 Å². The zero-order valence-electron chi connectivity index (χ0n) is 10.6. The molecule has 0 aliphatic rings. The van der Waals surface area contributed by atoms with Gasteiger partial charge in [0, 0.05) is 23.8 Å². The molecule has 0 radical (unpaired) electrons. The highest BCUT2D eigenvalue weighted by molar-refractivity contribution is 9.10. The van der Waals surface area contributed by atoms with Gasteiger partial charge < -0.3 is 5.32 Å². The van der Waals surface area contributed by atoms with E-state index in [0.717, 1.165) is 29.1 Å². The fourth-order valence-electron chi connectivity index (χ4n) is 1.72. The lowest BCUT2D eigenvalue weighted by molar-refractivity contribution is 0.673. The van der Waals surface area contributed by atoms with E-state index in [9.17, 15) is 0 Å². The van der Waals surface area contributed by atoms with Gasteiger partial charge in [0.1, 0.15) is 5.82 Å². The average Bonchev–Trinajstić information content (AvgIpc) is 2.32. The van der Waals surface area contributed by atoms with Gasteiger partial charge in [-0.2, -0.15) is 0 Å². The molecule has 0 aliphatic carbocycles. The first kappa shape index (κ1) is 13.2. The van der Waals surface area contributed by atoms with Crippen LogP contribution in [0.15, 0.2) is 34.9 Å². The average molecular weight is 306 g/mol. The first-order valence-corrected chi connectivity index (χ1v) is 6.69. The van der Waals surface area contributed by atoms with Gasteiger partial charge in [-0.3, -0.25) is 0 Å². The smallest absolute Gasteiger partial charge is 0.125 e. The summed E-state index contributed by atoms with van der Waals surface area (Å²) in [5.74, 6) is 0.811. The van der Waals surface area contributed by atoms with E-state index in [1.54, 1.807) is 6.20 Å². The molecule has 0 saturated carbocycles. The molecule has 3 nitrogen and oxygen atoms in total. The van der Waals surface area contributed by atoms with Crippen molar-refractivity contribution in [3.63, 3.8) is 0 Å². The van der Waals surface area contributed by atoms with Gasteiger partial charge in [0.15, 0.2) is 0 Å². The number of halogens is 1. The molecular formula is C14H16BrN3. The summed E-state index contributed by atoms with van der Waals surface area (Å²) >= 11 is 3.58. The highest BCUT2D eigenvalue weighted by atomic mass is 79.9. The van der Waals surface area contributed by atoms with Crippen LogP contribution in [0, 0.1) is 13.8 Å². The molecule has 2 rings (SSSR count). The van der Waals surface area contributed by atoms with Crippen LogP contribution >= 0.6 is 15.9 Å². The minimum Gasteiger partial charge on any atom is -0.307 e. The summed E-state index contributed by atoms with van der Waals surface area (Å²) in [4.78, 5) is 8.44. The van der Waals surface area contributed by atoms with Crippen LogP contribution in [0.3, 0.4) is 0 Å². The molecule has 0 bridgehead atoms. The molecule has 0 spiro atoms. The summed E-state index contributed by atoms with van der Waals surface area (Å²) in [5.41, 5.74) is 3.54. The molecule has 0 aliphatic heterocycles. The Labute approximate surface area is 116 Å². The van der Waals surface area contributed by atoms with Crippen molar-refractivity contribution in [2.75, 3.05) is 0 Å². The number of nitrogens with zero attached hydrogens (tertiary/aromatic N) is 2. The lowest BCUT2D eigenvalue weighted by atomic mass is 10.1. The number of hydrogen-bond acceptors (Lipinski definition) is 3. The highest BCUT2D eigenvalue weighted by Gasteiger charge is 2.00. The van der Waals surface area contributed by atoms with Gasteiger partial charge in [-0.1, -0.05) is 28.1 Å². The zero-order chi connectivity index (χ0) is 13.0. The van der Waals surface area contributed by atoms with Crippen LogP contribution in [0.2, 0.25) is 0 Å². The maximum absolute atomic E-state index is 4.36. The molecule has 1 aromatic carbocycles. The van der Waals surface area contributed by atoms with Crippen molar-refractivity contribution in [1.82, 2.24) is 15.3 Å². The third kappa shape index (κ3) is 3.62. The summed E-state index contributed by atoms with van der Waals surface area (Å²) in [5, 5.41) is 3.39. The zero-order valence-corrected chi connectivity index (χ0v) is 12.2. The van der Waals surface area contributed by atoms with E-state index in [0.29, 0.717) is 0 Å². The van der Waals surface area contributed by atoms with Crippen molar-refractivity contribution in [3.05, 3.63) is 57.6 Å². The summed E-state index contributed by atoms with van der Waals surface area (Å²) in [7, 11) is 0. The molecule has 0 atom stereocenters. The Morgan fingerprint density at radius 1 is 1.17 bits per heavy atom. The van der Waals surface area contributed by atoms with E-state index in [-0.39, 0.29) is 0 Å². The number of aromatic nitrogens is 2. The van der Waals surface area contributed by atoms with E-state index in [4.69, 9.17) is 0 Å². The molecule has 1 heterocycles. The first-order valence-electron chi connectivity index (χ1n) is 5.89. The molecule has 94 valence electrons. The van der Waals surface area contributed by atoms with Gasteiger partial charge in [-0.15, -0.1) is 0 Å². The van der Waals surface area contributed by atoms with Gasteiger partial charge in [-0.25, -0.2) is 9.97 Å². The standard InChI is InChI=1S/C14H16BrN3/c1-10-3-4-12(14(15)7-10)8-16-9-13-5-6-17-11(2)18-13/h3-7,16H,8-9H2,1-2H3. The summed E-state index contributed by atoms with van der Waals surface area (Å²) < 4.78 is 1.15. The van der Waals surface area contributed by atoms with Crippen molar-refractivity contribution in [2.45, 2.75) is 26.9 Å². The van der Waals surface area contributed by atoms with Crippen LogP contribution in [0.25, 0.3) is 0 Å². The molecule has 4 heteroatoms. The van der Waals surface area contributed by atoms with Crippen molar-refractivity contribution in [1.29, 1.82) is 0 Å². The molecule has 0 unspecified atom stereocenters. The lowest BCUT2D eigenvalue weighted by Gasteiger charge is -2.07. The third-order valence-electron chi connectivity index (χ3n) is 2.66. The van der Waals surface area contributed by atoms with Crippen molar-refractivity contribution in [2.24, 2.45) is 0 Å². The van der Waals surface area contributed by atoms with Crippen molar-refractivity contribution in [3.8, 4) is 0 Å². The summed E-state index contributed by atoms with van der Waals surface area (Å²) in [6, 6.07) is 8.32. The van der Waals surface area contributed by atoms with E-state index in [2.05, 4.69) is 56.3 Å². The Bertz CT molecular complexity index is 540. The number of nitrogens with one attached hydrogen (secondary N) is 1.